The van der Waals surface area contributed by atoms with Gasteiger partial charge in [-0.15, -0.1) is 0 Å². The first-order valence-corrected chi connectivity index (χ1v) is 14.6. The standard InChI is InChI=1S/C31H44N4O5/c32-21-24-10-14-25(15-11-24)30(38)35-28(31(39)34-19-6-3-1-2-4-9-29(36)37)20-23-12-16-27(17-13-23)40-22-26-8-5-7-18-33-26/h5,7-8,12-13,16-18,24-25,28H,1-4,6,9-11,14-15,19-22,32H2,(H,34,39)(H,35,38)(H,36,37)/t24?,25?,28-/m0/s1. The van der Waals surface area contributed by atoms with Crippen molar-refractivity contribution in [1.29, 1.82) is 0 Å². The van der Waals surface area contributed by atoms with Gasteiger partial charge in [0.1, 0.15) is 18.4 Å². The normalized spacial score (nSPS) is 17.5. The van der Waals surface area contributed by atoms with Crippen molar-refractivity contribution in [2.75, 3.05) is 13.1 Å². The van der Waals surface area contributed by atoms with Crippen LogP contribution in [0.15, 0.2) is 48.7 Å². The fraction of sp³-hybridized carbons (Fsp3) is 0.548. The molecule has 5 N–H and O–H groups in total. The van der Waals surface area contributed by atoms with Crippen LogP contribution in [-0.4, -0.2) is 47.0 Å². The summed E-state index contributed by atoms with van der Waals surface area (Å²) in [5, 5.41) is 14.8. The Hall–Kier alpha value is -3.46. The number of aliphatic carboxylic acids is 1. The Balaban J connectivity index is 1.52. The second-order valence-electron chi connectivity index (χ2n) is 10.7. The van der Waals surface area contributed by atoms with E-state index in [1.165, 1.54) is 0 Å². The van der Waals surface area contributed by atoms with Crippen LogP contribution in [0.2, 0.25) is 0 Å². The third-order valence-corrected chi connectivity index (χ3v) is 7.53. The van der Waals surface area contributed by atoms with Gasteiger partial charge in [0, 0.05) is 31.5 Å². The molecule has 218 valence electrons. The third-order valence-electron chi connectivity index (χ3n) is 7.53. The highest BCUT2D eigenvalue weighted by atomic mass is 16.5. The molecule has 0 radical (unpaired) electrons. The van der Waals surface area contributed by atoms with Crippen LogP contribution in [0.3, 0.4) is 0 Å². The SMILES string of the molecule is NCC1CCC(C(=O)N[C@@H](Cc2ccc(OCc3ccccn3)cc2)C(=O)NCCCCCCCC(=O)O)CC1. The molecule has 9 heteroatoms. The fourth-order valence-electron chi connectivity index (χ4n) is 5.02. The van der Waals surface area contributed by atoms with Crippen LogP contribution in [0.5, 0.6) is 5.75 Å². The number of hydrogen-bond acceptors (Lipinski definition) is 6. The third kappa shape index (κ3) is 11.3. The minimum atomic E-state index is -0.764. The molecule has 1 aliphatic rings. The molecular weight excluding hydrogens is 508 g/mol. The molecule has 1 atom stereocenters. The summed E-state index contributed by atoms with van der Waals surface area (Å²) < 4.78 is 5.82. The van der Waals surface area contributed by atoms with E-state index >= 15 is 0 Å². The van der Waals surface area contributed by atoms with E-state index in [1.54, 1.807) is 6.20 Å². The van der Waals surface area contributed by atoms with E-state index in [1.807, 2.05) is 42.5 Å². The molecule has 2 aromatic rings. The first-order chi connectivity index (χ1) is 19.4. The summed E-state index contributed by atoms with van der Waals surface area (Å²) in [4.78, 5) is 41.1. The molecule has 0 spiro atoms. The highest BCUT2D eigenvalue weighted by Crippen LogP contribution is 2.28. The molecule has 2 amide bonds. The Morgan fingerprint density at radius 1 is 0.975 bits per heavy atom. The van der Waals surface area contributed by atoms with Crippen molar-refractivity contribution >= 4 is 17.8 Å². The highest BCUT2D eigenvalue weighted by Gasteiger charge is 2.29. The number of carbonyl (C=O) groups is 3. The minimum absolute atomic E-state index is 0.0654. The van der Waals surface area contributed by atoms with Crippen LogP contribution in [0, 0.1) is 11.8 Å². The van der Waals surface area contributed by atoms with E-state index in [9.17, 15) is 14.4 Å². The number of aromatic nitrogens is 1. The monoisotopic (exact) mass is 552 g/mol. The zero-order valence-electron chi connectivity index (χ0n) is 23.4. The van der Waals surface area contributed by atoms with Crippen molar-refractivity contribution in [3.05, 3.63) is 59.9 Å². The number of carboxylic acids is 1. The molecule has 1 aromatic carbocycles. The molecule has 1 aliphatic carbocycles. The number of unbranched alkanes of at least 4 members (excludes halogenated alkanes) is 4. The van der Waals surface area contributed by atoms with Gasteiger partial charge in [-0.1, -0.05) is 37.5 Å². The van der Waals surface area contributed by atoms with Crippen LogP contribution in [0.1, 0.15) is 75.5 Å². The number of ether oxygens (including phenoxy) is 1. The van der Waals surface area contributed by atoms with Gasteiger partial charge in [-0.05, 0) is 80.8 Å². The van der Waals surface area contributed by atoms with Gasteiger partial charge in [-0.25, -0.2) is 0 Å². The number of nitrogens with two attached hydrogens (primary N) is 1. The average molecular weight is 553 g/mol. The summed E-state index contributed by atoms with van der Waals surface area (Å²) in [5.74, 6) is 0.0746. The Labute approximate surface area is 237 Å². The van der Waals surface area contributed by atoms with Crippen molar-refractivity contribution in [2.45, 2.75) is 83.3 Å². The molecule has 1 saturated carbocycles. The summed E-state index contributed by atoms with van der Waals surface area (Å²) in [5.41, 5.74) is 7.57. The molecule has 40 heavy (non-hydrogen) atoms. The predicted octanol–water partition coefficient (Wildman–Crippen LogP) is 3.99. The smallest absolute Gasteiger partial charge is 0.303 e. The number of nitrogens with zero attached hydrogens (tertiary/aromatic N) is 1. The zero-order chi connectivity index (χ0) is 28.6. The number of hydrogen-bond donors (Lipinski definition) is 4. The van der Waals surface area contributed by atoms with Gasteiger partial charge < -0.3 is 26.2 Å². The number of carbonyl (C=O) groups excluding carboxylic acids is 2. The quantitative estimate of drug-likeness (QED) is 0.217. The lowest BCUT2D eigenvalue weighted by Gasteiger charge is -2.28. The summed E-state index contributed by atoms with van der Waals surface area (Å²) >= 11 is 0. The largest absolute Gasteiger partial charge is 0.487 e. The summed E-state index contributed by atoms with van der Waals surface area (Å²) in [7, 11) is 0. The maximum atomic E-state index is 13.2. The highest BCUT2D eigenvalue weighted by molar-refractivity contribution is 5.88. The Bertz CT molecular complexity index is 1040. The van der Waals surface area contributed by atoms with Crippen LogP contribution >= 0.6 is 0 Å². The summed E-state index contributed by atoms with van der Waals surface area (Å²) in [6, 6.07) is 12.6. The van der Waals surface area contributed by atoms with E-state index in [0.717, 1.165) is 62.6 Å². The fourth-order valence-corrected chi connectivity index (χ4v) is 5.02. The van der Waals surface area contributed by atoms with Gasteiger partial charge >= 0.3 is 5.97 Å². The van der Waals surface area contributed by atoms with Gasteiger partial charge in [0.15, 0.2) is 0 Å². The second-order valence-corrected chi connectivity index (χ2v) is 10.7. The lowest BCUT2D eigenvalue weighted by molar-refractivity contribution is -0.137. The molecule has 3 rings (SSSR count). The van der Waals surface area contributed by atoms with Gasteiger partial charge in [0.25, 0.3) is 0 Å². The first kappa shape index (κ1) is 31.1. The van der Waals surface area contributed by atoms with Crippen molar-refractivity contribution in [2.24, 2.45) is 17.6 Å². The Kier molecular flexibility index (Phi) is 13.4. The van der Waals surface area contributed by atoms with E-state index in [0.29, 0.717) is 44.2 Å². The molecule has 1 fully saturated rings. The van der Waals surface area contributed by atoms with Crippen LogP contribution < -0.4 is 21.1 Å². The van der Waals surface area contributed by atoms with Gasteiger partial charge in [-0.3, -0.25) is 19.4 Å². The maximum absolute atomic E-state index is 13.2. The summed E-state index contributed by atoms with van der Waals surface area (Å²) in [6.07, 6.45) is 10.00. The lowest BCUT2D eigenvalue weighted by Crippen LogP contribution is -2.50. The molecule has 0 bridgehead atoms. The summed E-state index contributed by atoms with van der Waals surface area (Å²) in [6.45, 7) is 1.54. The van der Waals surface area contributed by atoms with Crippen LogP contribution in [0.4, 0.5) is 0 Å². The van der Waals surface area contributed by atoms with Crippen LogP contribution in [-0.2, 0) is 27.4 Å². The predicted molar refractivity (Wildman–Crippen MR) is 153 cm³/mol. The molecular formula is C31H44N4O5. The number of carboxylic acid groups (broad SMARTS) is 1. The van der Waals surface area contributed by atoms with Crippen LogP contribution in [0.25, 0.3) is 0 Å². The van der Waals surface area contributed by atoms with Crippen molar-refractivity contribution in [3.63, 3.8) is 0 Å². The Morgan fingerprint density at radius 2 is 1.70 bits per heavy atom. The van der Waals surface area contributed by atoms with Gasteiger partial charge in [0.05, 0.1) is 5.69 Å². The molecule has 0 saturated heterocycles. The first-order valence-electron chi connectivity index (χ1n) is 14.6. The number of rotatable bonds is 17. The van der Waals surface area contributed by atoms with Crippen molar-refractivity contribution in [3.8, 4) is 5.75 Å². The number of benzene rings is 1. The molecule has 1 heterocycles. The number of pyridine rings is 1. The number of nitrogens with one attached hydrogen (secondary N) is 2. The number of amides is 2. The van der Waals surface area contributed by atoms with Crippen molar-refractivity contribution in [1.82, 2.24) is 15.6 Å². The maximum Gasteiger partial charge on any atom is 0.303 e. The molecule has 0 unspecified atom stereocenters. The van der Waals surface area contributed by atoms with Gasteiger partial charge in [-0.2, -0.15) is 0 Å². The molecule has 1 aromatic heterocycles. The van der Waals surface area contributed by atoms with E-state index < -0.39 is 12.0 Å². The van der Waals surface area contributed by atoms with Gasteiger partial charge in [0.2, 0.25) is 11.8 Å². The molecule has 0 aliphatic heterocycles. The minimum Gasteiger partial charge on any atom is -0.487 e. The molecule has 9 nitrogen and oxygen atoms in total. The van der Waals surface area contributed by atoms with E-state index in [2.05, 4.69) is 15.6 Å². The van der Waals surface area contributed by atoms with E-state index in [-0.39, 0.29) is 24.2 Å². The van der Waals surface area contributed by atoms with E-state index in [4.69, 9.17) is 15.6 Å². The average Bonchev–Trinajstić information content (AvgIpc) is 2.98. The topological polar surface area (TPSA) is 144 Å². The van der Waals surface area contributed by atoms with Crippen molar-refractivity contribution < 1.29 is 24.2 Å². The zero-order valence-corrected chi connectivity index (χ0v) is 23.4. The Morgan fingerprint density at radius 3 is 2.38 bits per heavy atom. The second kappa shape index (κ2) is 17.3. The lowest BCUT2D eigenvalue weighted by atomic mass is 9.81.